The number of carbonyl (C=O) groups is 2. The van der Waals surface area contributed by atoms with Crippen LogP contribution in [0.4, 0.5) is 0 Å². The lowest BCUT2D eigenvalue weighted by atomic mass is 10.1. The number of piperidine rings is 1. The summed E-state index contributed by atoms with van der Waals surface area (Å²) in [7, 11) is 5.52. The summed E-state index contributed by atoms with van der Waals surface area (Å²) in [6, 6.07) is 5.24. The zero-order valence-corrected chi connectivity index (χ0v) is 18.7. The number of likely N-dealkylation sites (tertiary alicyclic amines) is 1. The van der Waals surface area contributed by atoms with E-state index in [9.17, 15) is 9.59 Å². The molecular weight excluding hydrogens is 390 g/mol. The van der Waals surface area contributed by atoms with Gasteiger partial charge >= 0.3 is 0 Å². The third-order valence-corrected chi connectivity index (χ3v) is 5.49. The van der Waals surface area contributed by atoms with Crippen molar-refractivity contribution in [1.29, 1.82) is 0 Å². The van der Waals surface area contributed by atoms with Gasteiger partial charge in [0, 0.05) is 56.8 Å². The summed E-state index contributed by atoms with van der Waals surface area (Å²) < 4.78 is 11.6. The van der Waals surface area contributed by atoms with Crippen LogP contribution in [0.1, 0.15) is 29.6 Å². The first kappa shape index (κ1) is 23.3. The first-order chi connectivity index (χ1) is 13.9. The van der Waals surface area contributed by atoms with Crippen LogP contribution in [0, 0.1) is 0 Å². The molecule has 0 spiro atoms. The minimum atomic E-state index is -0.131. The lowest BCUT2D eigenvalue weighted by molar-refractivity contribution is -0.132. The van der Waals surface area contributed by atoms with E-state index < -0.39 is 0 Å². The summed E-state index contributed by atoms with van der Waals surface area (Å²) >= 11 is 1.69. The first-order valence-corrected chi connectivity index (χ1v) is 11.4. The second-order valence-corrected chi connectivity index (χ2v) is 8.35. The number of ether oxygens (including phenoxy) is 2. The Hall–Kier alpha value is -1.93. The number of carbonyl (C=O) groups excluding carboxylic acids is 2. The van der Waals surface area contributed by atoms with Gasteiger partial charge in [-0.2, -0.15) is 11.8 Å². The Balaban J connectivity index is 1.94. The molecule has 1 heterocycles. The Bertz CT molecular complexity index is 676. The average Bonchev–Trinajstić information content (AvgIpc) is 2.72. The monoisotopic (exact) mass is 423 g/mol. The molecule has 0 radical (unpaired) electrons. The highest BCUT2D eigenvalue weighted by atomic mass is 32.2. The molecule has 1 fully saturated rings. The number of likely N-dealkylation sites (N-methyl/N-ethyl adjacent to an activating group) is 1. The summed E-state index contributed by atoms with van der Waals surface area (Å²) in [5.74, 6) is 2.11. The first-order valence-electron chi connectivity index (χ1n) is 9.99. The number of nitrogens with zero attached hydrogens (tertiary/aromatic N) is 2. The topological polar surface area (TPSA) is 71.1 Å². The van der Waals surface area contributed by atoms with Crippen molar-refractivity contribution in [3.05, 3.63) is 23.8 Å². The molecule has 2 rings (SSSR count). The van der Waals surface area contributed by atoms with E-state index >= 15 is 0 Å². The third kappa shape index (κ3) is 7.44. The molecule has 2 amide bonds. The number of hydrogen-bond donors (Lipinski definition) is 1. The highest BCUT2D eigenvalue weighted by Crippen LogP contribution is 2.31. The molecular formula is C21H33N3O4S. The van der Waals surface area contributed by atoms with Crippen molar-refractivity contribution in [2.75, 3.05) is 59.4 Å². The van der Waals surface area contributed by atoms with Crippen molar-refractivity contribution in [3.63, 3.8) is 0 Å². The van der Waals surface area contributed by atoms with Crippen LogP contribution < -0.4 is 14.8 Å². The Morgan fingerprint density at radius 1 is 1.24 bits per heavy atom. The van der Waals surface area contributed by atoms with Crippen molar-refractivity contribution in [2.24, 2.45) is 0 Å². The predicted octanol–water partition coefficient (Wildman–Crippen LogP) is 2.11. The van der Waals surface area contributed by atoms with Crippen molar-refractivity contribution < 1.29 is 19.1 Å². The van der Waals surface area contributed by atoms with Crippen LogP contribution in [0.25, 0.3) is 0 Å². The van der Waals surface area contributed by atoms with E-state index in [0.717, 1.165) is 25.1 Å². The third-order valence-electron chi connectivity index (χ3n) is 4.88. The van der Waals surface area contributed by atoms with E-state index in [-0.39, 0.29) is 17.9 Å². The normalized spacial score (nSPS) is 14.7. The van der Waals surface area contributed by atoms with E-state index in [1.165, 1.54) is 0 Å². The average molecular weight is 424 g/mol. The minimum Gasteiger partial charge on any atom is -0.493 e. The maximum atomic E-state index is 12.4. The van der Waals surface area contributed by atoms with Gasteiger partial charge < -0.3 is 24.6 Å². The highest BCUT2D eigenvalue weighted by Gasteiger charge is 2.24. The van der Waals surface area contributed by atoms with Crippen LogP contribution in [-0.2, 0) is 4.79 Å². The largest absolute Gasteiger partial charge is 0.493 e. The lowest BCUT2D eigenvalue weighted by Gasteiger charge is -2.32. The molecule has 0 aromatic heterocycles. The summed E-state index contributed by atoms with van der Waals surface area (Å²) in [6.45, 7) is 2.76. The number of methoxy groups -OCH3 is 1. The second kappa shape index (κ2) is 11.9. The minimum absolute atomic E-state index is 0.000511. The molecule has 0 saturated carbocycles. The molecule has 1 aliphatic rings. The summed E-state index contributed by atoms with van der Waals surface area (Å²) in [5, 5.41) is 2.91. The number of thioether (sulfide) groups is 1. The number of benzene rings is 1. The SMILES string of the molecule is COc1ccc(C(=O)NCCN(C)C)cc1OC1CCN(C(=O)CCSC)CC1. The van der Waals surface area contributed by atoms with Gasteiger partial charge in [0.1, 0.15) is 6.10 Å². The maximum Gasteiger partial charge on any atom is 0.251 e. The van der Waals surface area contributed by atoms with Crippen molar-refractivity contribution in [2.45, 2.75) is 25.4 Å². The molecule has 0 unspecified atom stereocenters. The fraction of sp³-hybridized carbons (Fsp3) is 0.619. The van der Waals surface area contributed by atoms with E-state index in [4.69, 9.17) is 9.47 Å². The summed E-state index contributed by atoms with van der Waals surface area (Å²) in [6.07, 6.45) is 4.14. The van der Waals surface area contributed by atoms with Gasteiger partial charge in [-0.3, -0.25) is 9.59 Å². The summed E-state index contributed by atoms with van der Waals surface area (Å²) in [5.41, 5.74) is 0.546. The van der Waals surface area contributed by atoms with Crippen LogP contribution in [0.3, 0.4) is 0 Å². The second-order valence-electron chi connectivity index (χ2n) is 7.37. The van der Waals surface area contributed by atoms with Gasteiger partial charge in [0.15, 0.2) is 11.5 Å². The Labute approximate surface area is 178 Å². The quantitative estimate of drug-likeness (QED) is 0.622. The van der Waals surface area contributed by atoms with Crippen LogP contribution in [0.15, 0.2) is 18.2 Å². The molecule has 7 nitrogen and oxygen atoms in total. The number of amides is 2. The Morgan fingerprint density at radius 3 is 2.59 bits per heavy atom. The fourth-order valence-corrected chi connectivity index (χ4v) is 3.53. The van der Waals surface area contributed by atoms with Crippen molar-refractivity contribution >= 4 is 23.6 Å². The highest BCUT2D eigenvalue weighted by molar-refractivity contribution is 7.98. The van der Waals surface area contributed by atoms with Crippen LogP contribution in [0.2, 0.25) is 0 Å². The van der Waals surface area contributed by atoms with Crippen molar-refractivity contribution in [1.82, 2.24) is 15.1 Å². The molecule has 0 atom stereocenters. The van der Waals surface area contributed by atoms with E-state index in [1.54, 1.807) is 37.1 Å². The Morgan fingerprint density at radius 2 is 1.97 bits per heavy atom. The molecule has 0 aliphatic carbocycles. The van der Waals surface area contributed by atoms with Gasteiger partial charge in [-0.05, 0) is 38.6 Å². The molecule has 0 bridgehead atoms. The molecule has 1 saturated heterocycles. The van der Waals surface area contributed by atoms with E-state index in [0.29, 0.717) is 43.1 Å². The predicted molar refractivity (Wildman–Crippen MR) is 117 cm³/mol. The lowest BCUT2D eigenvalue weighted by Crippen LogP contribution is -2.41. The zero-order valence-electron chi connectivity index (χ0n) is 17.9. The fourth-order valence-electron chi connectivity index (χ4n) is 3.16. The van der Waals surface area contributed by atoms with Gasteiger partial charge in [-0.1, -0.05) is 0 Å². The Kier molecular flexibility index (Phi) is 9.60. The van der Waals surface area contributed by atoms with Crippen LogP contribution >= 0.6 is 11.8 Å². The summed E-state index contributed by atoms with van der Waals surface area (Å²) in [4.78, 5) is 28.5. The van der Waals surface area contributed by atoms with Gasteiger partial charge in [-0.15, -0.1) is 0 Å². The molecule has 162 valence electrons. The van der Waals surface area contributed by atoms with E-state index in [1.807, 2.05) is 30.2 Å². The number of nitrogens with one attached hydrogen (secondary N) is 1. The molecule has 1 aromatic carbocycles. The number of rotatable bonds is 10. The van der Waals surface area contributed by atoms with Crippen molar-refractivity contribution in [3.8, 4) is 11.5 Å². The van der Waals surface area contributed by atoms with E-state index in [2.05, 4.69) is 5.32 Å². The van der Waals surface area contributed by atoms with Crippen LogP contribution in [-0.4, -0.2) is 87.1 Å². The van der Waals surface area contributed by atoms with Gasteiger partial charge in [0.05, 0.1) is 7.11 Å². The molecule has 1 aromatic rings. The molecule has 1 N–H and O–H groups in total. The van der Waals surface area contributed by atoms with Gasteiger partial charge in [0.2, 0.25) is 5.91 Å². The zero-order chi connectivity index (χ0) is 21.2. The standard InChI is InChI=1S/C21H33N3O4S/c1-23(2)13-10-22-21(26)16-5-6-18(27-3)19(15-16)28-17-7-11-24(12-8-17)20(25)9-14-29-4/h5-6,15,17H,7-14H2,1-4H3,(H,22,26). The molecule has 29 heavy (non-hydrogen) atoms. The van der Waals surface area contributed by atoms with Gasteiger partial charge in [0.25, 0.3) is 5.91 Å². The smallest absolute Gasteiger partial charge is 0.251 e. The molecule has 1 aliphatic heterocycles. The van der Waals surface area contributed by atoms with Crippen LogP contribution in [0.5, 0.6) is 11.5 Å². The van der Waals surface area contributed by atoms with Gasteiger partial charge in [-0.25, -0.2) is 0 Å². The maximum absolute atomic E-state index is 12.4. The number of hydrogen-bond acceptors (Lipinski definition) is 6. The molecule has 8 heteroatoms.